The molecule has 0 bridgehead atoms. The highest BCUT2D eigenvalue weighted by Crippen LogP contribution is 2.19. The van der Waals surface area contributed by atoms with Crippen LogP contribution >= 0.6 is 11.6 Å². The molecule has 0 atom stereocenters. The minimum atomic E-state index is -0.289. The topological polar surface area (TPSA) is 30.7 Å². The van der Waals surface area contributed by atoms with Gasteiger partial charge in [0.05, 0.1) is 5.69 Å². The van der Waals surface area contributed by atoms with Gasteiger partial charge >= 0.3 is 0 Å². The molecule has 1 heterocycles. The van der Waals surface area contributed by atoms with Crippen LogP contribution in [0, 0.1) is 5.82 Å². The van der Waals surface area contributed by atoms with Gasteiger partial charge in [0.25, 0.3) is 0 Å². The fourth-order valence-electron chi connectivity index (χ4n) is 1.83. The SMILES string of the molecule is CCc1nc(CC)n(-c2ccc(F)cc2CCl)n1. The molecule has 0 unspecified atom stereocenters. The zero-order valence-corrected chi connectivity index (χ0v) is 11.2. The van der Waals surface area contributed by atoms with Crippen LogP contribution in [0.5, 0.6) is 0 Å². The summed E-state index contributed by atoms with van der Waals surface area (Å²) in [6.45, 7) is 4.02. The van der Waals surface area contributed by atoms with Crippen LogP contribution in [0.15, 0.2) is 18.2 Å². The highest BCUT2D eigenvalue weighted by atomic mass is 35.5. The van der Waals surface area contributed by atoms with Crippen molar-refractivity contribution in [3.05, 3.63) is 41.2 Å². The first-order valence-corrected chi connectivity index (χ1v) is 6.52. The molecule has 0 spiro atoms. The van der Waals surface area contributed by atoms with Gasteiger partial charge in [-0.3, -0.25) is 0 Å². The van der Waals surface area contributed by atoms with Crippen LogP contribution < -0.4 is 0 Å². The van der Waals surface area contributed by atoms with Crippen LogP contribution in [0.3, 0.4) is 0 Å². The van der Waals surface area contributed by atoms with Gasteiger partial charge < -0.3 is 0 Å². The maximum absolute atomic E-state index is 13.2. The average molecular weight is 268 g/mol. The molecule has 0 fully saturated rings. The first-order chi connectivity index (χ1) is 8.69. The number of halogens is 2. The predicted octanol–water partition coefficient (Wildman–Crippen LogP) is 3.27. The molecule has 5 heteroatoms. The third-order valence-electron chi connectivity index (χ3n) is 2.76. The molecule has 0 aliphatic rings. The zero-order chi connectivity index (χ0) is 13.1. The van der Waals surface area contributed by atoms with Gasteiger partial charge in [-0.05, 0) is 23.8 Å². The standard InChI is InChI=1S/C13H15ClFN3/c1-3-12-16-13(4-2)18(17-12)11-6-5-10(15)7-9(11)8-14/h5-7H,3-4,8H2,1-2H3. The number of aryl methyl sites for hydroxylation is 2. The Balaban J connectivity index is 2.56. The normalized spacial score (nSPS) is 10.9. The minimum absolute atomic E-state index is 0.248. The lowest BCUT2D eigenvalue weighted by Crippen LogP contribution is -2.05. The van der Waals surface area contributed by atoms with Gasteiger partial charge in [0, 0.05) is 18.7 Å². The van der Waals surface area contributed by atoms with Crippen LogP contribution in [0.4, 0.5) is 4.39 Å². The number of hydrogen-bond donors (Lipinski definition) is 0. The van der Waals surface area contributed by atoms with Gasteiger partial charge in [-0.25, -0.2) is 14.1 Å². The lowest BCUT2D eigenvalue weighted by molar-refractivity contribution is 0.625. The van der Waals surface area contributed by atoms with Crippen LogP contribution in [0.2, 0.25) is 0 Å². The van der Waals surface area contributed by atoms with E-state index < -0.39 is 0 Å². The first kappa shape index (κ1) is 13.0. The number of benzene rings is 1. The number of aromatic nitrogens is 3. The first-order valence-electron chi connectivity index (χ1n) is 5.99. The molecule has 1 aromatic carbocycles. The summed E-state index contributed by atoms with van der Waals surface area (Å²) in [6.07, 6.45) is 1.55. The second-order valence-electron chi connectivity index (χ2n) is 3.97. The Hall–Kier alpha value is -1.42. The van der Waals surface area contributed by atoms with Crippen molar-refractivity contribution < 1.29 is 4.39 Å². The van der Waals surface area contributed by atoms with Crippen LogP contribution in [0.25, 0.3) is 5.69 Å². The van der Waals surface area contributed by atoms with Crippen LogP contribution in [-0.4, -0.2) is 14.8 Å². The van der Waals surface area contributed by atoms with E-state index in [0.717, 1.165) is 35.7 Å². The summed E-state index contributed by atoms with van der Waals surface area (Å²) in [4.78, 5) is 4.44. The summed E-state index contributed by atoms with van der Waals surface area (Å²) >= 11 is 5.86. The fourth-order valence-corrected chi connectivity index (χ4v) is 2.05. The second-order valence-corrected chi connectivity index (χ2v) is 4.24. The van der Waals surface area contributed by atoms with Gasteiger partial charge in [0.2, 0.25) is 0 Å². The van der Waals surface area contributed by atoms with E-state index in [2.05, 4.69) is 10.1 Å². The van der Waals surface area contributed by atoms with E-state index in [1.807, 2.05) is 13.8 Å². The Morgan fingerprint density at radius 1 is 1.28 bits per heavy atom. The van der Waals surface area contributed by atoms with E-state index in [4.69, 9.17) is 11.6 Å². The van der Waals surface area contributed by atoms with E-state index >= 15 is 0 Å². The highest BCUT2D eigenvalue weighted by Gasteiger charge is 2.12. The van der Waals surface area contributed by atoms with Crippen molar-refractivity contribution in [3.63, 3.8) is 0 Å². The maximum atomic E-state index is 13.2. The third-order valence-corrected chi connectivity index (χ3v) is 3.05. The number of alkyl halides is 1. The molecular formula is C13H15ClFN3. The third kappa shape index (κ3) is 2.38. The zero-order valence-electron chi connectivity index (χ0n) is 10.5. The monoisotopic (exact) mass is 267 g/mol. The lowest BCUT2D eigenvalue weighted by Gasteiger charge is -2.09. The van der Waals surface area contributed by atoms with Crippen molar-refractivity contribution in [2.75, 3.05) is 0 Å². The predicted molar refractivity (Wildman–Crippen MR) is 69.6 cm³/mol. The van der Waals surface area contributed by atoms with Gasteiger partial charge in [0.1, 0.15) is 11.6 Å². The van der Waals surface area contributed by atoms with E-state index in [1.165, 1.54) is 12.1 Å². The highest BCUT2D eigenvalue weighted by molar-refractivity contribution is 6.17. The van der Waals surface area contributed by atoms with E-state index in [9.17, 15) is 4.39 Å². The molecule has 2 rings (SSSR count). The Morgan fingerprint density at radius 2 is 2.06 bits per heavy atom. The summed E-state index contributed by atoms with van der Waals surface area (Å²) in [7, 11) is 0. The molecule has 2 aromatic rings. The molecule has 0 saturated heterocycles. The lowest BCUT2D eigenvalue weighted by atomic mass is 10.2. The molecule has 18 heavy (non-hydrogen) atoms. The molecule has 0 amide bonds. The Labute approximate surface area is 111 Å². The van der Waals surface area contributed by atoms with Crippen molar-refractivity contribution in [2.45, 2.75) is 32.6 Å². The number of rotatable bonds is 4. The molecule has 3 nitrogen and oxygen atoms in total. The van der Waals surface area contributed by atoms with Crippen LogP contribution in [0.1, 0.15) is 31.1 Å². The molecule has 1 aromatic heterocycles. The Morgan fingerprint density at radius 3 is 2.67 bits per heavy atom. The molecule has 0 N–H and O–H groups in total. The van der Waals surface area contributed by atoms with Crippen molar-refractivity contribution in [1.29, 1.82) is 0 Å². The smallest absolute Gasteiger partial charge is 0.151 e. The molecule has 0 aliphatic carbocycles. The van der Waals surface area contributed by atoms with Crippen LogP contribution in [-0.2, 0) is 18.7 Å². The summed E-state index contributed by atoms with van der Waals surface area (Å²) < 4.78 is 15.0. The minimum Gasteiger partial charge on any atom is -0.217 e. The average Bonchev–Trinajstić information content (AvgIpc) is 2.81. The summed E-state index contributed by atoms with van der Waals surface area (Å²) in [5.74, 6) is 1.61. The maximum Gasteiger partial charge on any atom is 0.151 e. The largest absolute Gasteiger partial charge is 0.217 e. The quantitative estimate of drug-likeness (QED) is 0.796. The van der Waals surface area contributed by atoms with Gasteiger partial charge in [-0.1, -0.05) is 13.8 Å². The fraction of sp³-hybridized carbons (Fsp3) is 0.385. The molecular weight excluding hydrogens is 253 g/mol. The van der Waals surface area contributed by atoms with Gasteiger partial charge in [0.15, 0.2) is 5.82 Å². The van der Waals surface area contributed by atoms with Crippen molar-refractivity contribution in [3.8, 4) is 5.69 Å². The van der Waals surface area contributed by atoms with Crippen molar-refractivity contribution in [2.24, 2.45) is 0 Å². The number of hydrogen-bond acceptors (Lipinski definition) is 2. The van der Waals surface area contributed by atoms with Crippen molar-refractivity contribution >= 4 is 11.6 Å². The van der Waals surface area contributed by atoms with Crippen molar-refractivity contribution in [1.82, 2.24) is 14.8 Å². The second kappa shape index (κ2) is 5.48. The molecule has 0 radical (unpaired) electrons. The van der Waals surface area contributed by atoms with Gasteiger partial charge in [-0.15, -0.1) is 11.6 Å². The van der Waals surface area contributed by atoms with E-state index in [1.54, 1.807) is 10.7 Å². The summed E-state index contributed by atoms with van der Waals surface area (Å²) in [6, 6.07) is 4.55. The molecule has 96 valence electrons. The molecule has 0 aliphatic heterocycles. The van der Waals surface area contributed by atoms with Gasteiger partial charge in [-0.2, -0.15) is 5.10 Å². The summed E-state index contributed by atoms with van der Waals surface area (Å²) in [5, 5.41) is 4.43. The van der Waals surface area contributed by atoms with E-state index in [0.29, 0.717) is 0 Å². The number of nitrogens with zero attached hydrogens (tertiary/aromatic N) is 3. The Bertz CT molecular complexity index is 551. The van der Waals surface area contributed by atoms with E-state index in [-0.39, 0.29) is 11.7 Å². The Kier molecular flexibility index (Phi) is 3.97. The summed E-state index contributed by atoms with van der Waals surface area (Å²) in [5.41, 5.74) is 1.52. The molecule has 0 saturated carbocycles.